The van der Waals surface area contributed by atoms with Crippen molar-refractivity contribution in [2.75, 3.05) is 0 Å². The monoisotopic (exact) mass is 1210 g/mol. The van der Waals surface area contributed by atoms with Gasteiger partial charge in [0.05, 0.1) is 5.92 Å². The van der Waals surface area contributed by atoms with E-state index in [1.807, 2.05) is 104 Å². The Bertz CT molecular complexity index is 3090. The number of carboxylic acids is 1. The Kier molecular flexibility index (Phi) is 25.0. The highest BCUT2D eigenvalue weighted by molar-refractivity contribution is 9.10. The third-order valence-corrected chi connectivity index (χ3v) is 12.6. The molecule has 8 aromatic carbocycles. The number of ketones is 2. The van der Waals surface area contributed by atoms with E-state index in [4.69, 9.17) is 108 Å². The molecule has 0 aromatic heterocycles. The van der Waals surface area contributed by atoms with E-state index in [1.165, 1.54) is 18.2 Å². The summed E-state index contributed by atoms with van der Waals surface area (Å²) in [6, 6.07) is 50.9. The fraction of sp³-hybridized carbons (Fsp3) is 0.0862. The van der Waals surface area contributed by atoms with E-state index < -0.39 is 19.0 Å². The highest BCUT2D eigenvalue weighted by atomic mass is 79.9. The second-order valence-corrected chi connectivity index (χ2v) is 20.7. The lowest BCUT2D eigenvalue weighted by atomic mass is 9.80. The zero-order valence-corrected chi connectivity index (χ0v) is 47.6. The Labute approximate surface area is 480 Å². The van der Waals surface area contributed by atoms with E-state index in [1.54, 1.807) is 69.3 Å². The van der Waals surface area contributed by atoms with Crippen LogP contribution in [-0.2, 0) is 4.79 Å². The molecule has 0 radical (unpaired) electrons. The lowest BCUT2D eigenvalue weighted by molar-refractivity contribution is -0.138. The number of carbonyl (C=O) groups excluding carboxylic acids is 2. The van der Waals surface area contributed by atoms with Crippen LogP contribution in [0, 0.1) is 0 Å². The van der Waals surface area contributed by atoms with E-state index in [0.717, 1.165) is 60.1 Å². The molecule has 0 saturated heterocycles. The lowest BCUT2D eigenvalue weighted by Crippen LogP contribution is -2.29. The lowest BCUT2D eigenvalue weighted by Gasteiger charge is -2.09. The summed E-state index contributed by atoms with van der Waals surface area (Å²) in [7, 11) is -1.52. The molecule has 16 heteroatoms. The summed E-state index contributed by atoms with van der Waals surface area (Å²) in [5, 5.41) is 30.8. The van der Waals surface area contributed by atoms with Crippen molar-refractivity contribution in [3.05, 3.63) is 243 Å². The van der Waals surface area contributed by atoms with Crippen LogP contribution in [0.2, 0.25) is 40.2 Å². The van der Waals surface area contributed by atoms with Crippen LogP contribution in [0.3, 0.4) is 0 Å². The van der Waals surface area contributed by atoms with E-state index in [2.05, 4.69) is 28.6 Å². The fourth-order valence-electron chi connectivity index (χ4n) is 6.61. The Morgan fingerprint density at radius 1 is 0.446 bits per heavy atom. The molecular formula is C58H46BBrCl8O6. The quantitative estimate of drug-likeness (QED) is 0.0981. The number of carbonyl (C=O) groups is 3. The Morgan fingerprint density at radius 2 is 0.770 bits per heavy atom. The SMILES string of the molecule is C=C(C)c1cccc(-c2cc(Cl)cc(Cl)c2)c1.CC(=O)c1cccc(-c2cc(Cl)cc(Cl)c2)c1.CC(=O)c1cccc(Br)c1.CC(C(=O)O)c1cccc(-c2cc(Cl)cc(Cl)c2)c1.OB(O)c1cc(Cl)cc(Cl)c1. The summed E-state index contributed by atoms with van der Waals surface area (Å²) in [4.78, 5) is 33.1. The van der Waals surface area contributed by atoms with E-state index in [0.29, 0.717) is 51.2 Å². The van der Waals surface area contributed by atoms with Crippen molar-refractivity contribution >= 4 is 144 Å². The molecule has 0 amide bonds. The number of hydrogen-bond donors (Lipinski definition) is 3. The summed E-state index contributed by atoms with van der Waals surface area (Å²) in [6.45, 7) is 10.7. The summed E-state index contributed by atoms with van der Waals surface area (Å²) in [5.41, 5.74) is 10.4. The van der Waals surface area contributed by atoms with Gasteiger partial charge in [0.1, 0.15) is 0 Å². The normalized spacial score (nSPS) is 10.6. The molecular weight excluding hydrogens is 1170 g/mol. The highest BCUT2D eigenvalue weighted by Gasteiger charge is 2.15. The van der Waals surface area contributed by atoms with Gasteiger partial charge in [0.25, 0.3) is 0 Å². The van der Waals surface area contributed by atoms with Gasteiger partial charge in [-0.3, -0.25) is 14.4 Å². The topological polar surface area (TPSA) is 112 Å². The first kappa shape index (κ1) is 61.6. The molecule has 0 aliphatic rings. The van der Waals surface area contributed by atoms with Crippen molar-refractivity contribution in [2.24, 2.45) is 0 Å². The maximum Gasteiger partial charge on any atom is 0.488 e. The molecule has 0 heterocycles. The van der Waals surface area contributed by atoms with Gasteiger partial charge in [-0.2, -0.15) is 0 Å². The second-order valence-electron chi connectivity index (χ2n) is 16.3. The first-order chi connectivity index (χ1) is 34.9. The molecule has 0 spiro atoms. The third-order valence-electron chi connectivity index (χ3n) is 10.4. The first-order valence-corrected chi connectivity index (χ1v) is 25.9. The van der Waals surface area contributed by atoms with Crippen LogP contribution in [-0.4, -0.2) is 39.8 Å². The molecule has 1 atom stereocenters. The van der Waals surface area contributed by atoms with E-state index >= 15 is 0 Å². The number of benzene rings is 8. The Balaban J connectivity index is 0.000000204. The summed E-state index contributed by atoms with van der Waals surface area (Å²) in [5.74, 6) is -1.25. The number of halogens is 9. The van der Waals surface area contributed by atoms with Gasteiger partial charge in [-0.1, -0.05) is 194 Å². The van der Waals surface area contributed by atoms with Gasteiger partial charge in [0.15, 0.2) is 11.6 Å². The molecule has 8 aromatic rings. The van der Waals surface area contributed by atoms with Crippen molar-refractivity contribution in [2.45, 2.75) is 33.6 Å². The molecule has 0 bridgehead atoms. The minimum absolute atomic E-state index is 0.0416. The van der Waals surface area contributed by atoms with Gasteiger partial charge in [-0.15, -0.1) is 0 Å². The van der Waals surface area contributed by atoms with Gasteiger partial charge >= 0.3 is 13.1 Å². The summed E-state index contributed by atoms with van der Waals surface area (Å²) < 4.78 is 0.945. The minimum Gasteiger partial charge on any atom is -0.481 e. The largest absolute Gasteiger partial charge is 0.488 e. The molecule has 6 nitrogen and oxygen atoms in total. The average molecular weight is 1210 g/mol. The second kappa shape index (κ2) is 30.0. The van der Waals surface area contributed by atoms with Crippen LogP contribution >= 0.6 is 109 Å². The maximum absolute atomic E-state index is 11.3. The number of rotatable bonds is 9. The molecule has 0 aliphatic heterocycles. The summed E-state index contributed by atoms with van der Waals surface area (Å²) >= 11 is 50.3. The molecule has 8 rings (SSSR count). The molecule has 0 fully saturated rings. The van der Waals surface area contributed by atoms with Gasteiger partial charge < -0.3 is 15.2 Å². The van der Waals surface area contributed by atoms with Crippen LogP contribution in [0.5, 0.6) is 0 Å². The van der Waals surface area contributed by atoms with Crippen molar-refractivity contribution < 1.29 is 29.5 Å². The summed E-state index contributed by atoms with van der Waals surface area (Å²) in [6.07, 6.45) is 0. The Hall–Kier alpha value is -4.91. The number of hydrogen-bond acceptors (Lipinski definition) is 5. The zero-order chi connectivity index (χ0) is 54.8. The molecule has 0 saturated carbocycles. The number of allylic oxidation sites excluding steroid dienone is 1. The van der Waals surface area contributed by atoms with Crippen LogP contribution in [0.4, 0.5) is 0 Å². The zero-order valence-electron chi connectivity index (χ0n) is 40.0. The third kappa shape index (κ3) is 20.7. The van der Waals surface area contributed by atoms with Crippen LogP contribution in [0.25, 0.3) is 39.0 Å². The smallest absolute Gasteiger partial charge is 0.481 e. The number of Topliss-reactive ketones (excluding diaryl/α,β-unsaturated/α-hetero) is 2. The molecule has 0 aliphatic carbocycles. The molecule has 1 unspecified atom stereocenters. The van der Waals surface area contributed by atoms with Gasteiger partial charge in [-0.25, -0.2) is 0 Å². The molecule has 380 valence electrons. The fourth-order valence-corrected chi connectivity index (χ4v) is 9.13. The predicted octanol–water partition coefficient (Wildman–Crippen LogP) is 18.7. The van der Waals surface area contributed by atoms with Gasteiger partial charge in [0.2, 0.25) is 0 Å². The first-order valence-electron chi connectivity index (χ1n) is 22.1. The van der Waals surface area contributed by atoms with Crippen LogP contribution < -0.4 is 5.46 Å². The molecule has 74 heavy (non-hydrogen) atoms. The van der Waals surface area contributed by atoms with E-state index in [9.17, 15) is 14.4 Å². The maximum atomic E-state index is 11.3. The molecule has 3 N–H and O–H groups in total. The standard InChI is InChI=1S/C15H12Cl2O2.C15H12Cl2.C14H10Cl2O.C8H7BrO.C6H5BCl2O2/c1-9(15(18)19)10-3-2-4-11(5-10)12-6-13(16)8-14(17)7-12;1-10(2)11-4-3-5-12(6-11)13-7-14(16)9-15(17)8-13;1-9(17)10-3-2-4-11(5-10)12-6-13(15)8-14(16)7-12;1-6(10)7-3-2-4-8(9)5-7;8-5-1-4(7(10)11)2-6(9)3-5/h2-9H,1H3,(H,18,19);3-9H,1H2,2H3;2-8H,1H3;2-5H,1H3;1-3,10-11H. The highest BCUT2D eigenvalue weighted by Crippen LogP contribution is 2.32. The predicted molar refractivity (Wildman–Crippen MR) is 317 cm³/mol. The van der Waals surface area contributed by atoms with E-state index in [-0.39, 0.29) is 11.6 Å². The average Bonchev–Trinajstić information content (AvgIpc) is 3.33. The van der Waals surface area contributed by atoms with Crippen molar-refractivity contribution in [3.63, 3.8) is 0 Å². The minimum atomic E-state index is -1.52. The van der Waals surface area contributed by atoms with Gasteiger partial charge in [0, 0.05) is 55.8 Å². The van der Waals surface area contributed by atoms with Crippen molar-refractivity contribution in [1.29, 1.82) is 0 Å². The van der Waals surface area contributed by atoms with Gasteiger partial charge in [-0.05, 0) is 175 Å². The van der Waals surface area contributed by atoms with Crippen LogP contribution in [0.15, 0.2) is 181 Å². The van der Waals surface area contributed by atoms with Crippen LogP contribution in [0.1, 0.15) is 65.5 Å². The Morgan fingerprint density at radius 3 is 1.11 bits per heavy atom. The van der Waals surface area contributed by atoms with Crippen molar-refractivity contribution in [1.82, 2.24) is 0 Å². The number of carboxylic acid groups (broad SMARTS) is 1. The van der Waals surface area contributed by atoms with Crippen molar-refractivity contribution in [3.8, 4) is 33.4 Å². The number of aliphatic carboxylic acids is 1.